The van der Waals surface area contributed by atoms with Crippen LogP contribution < -0.4 is 5.32 Å². The van der Waals surface area contributed by atoms with Crippen molar-refractivity contribution in [2.75, 3.05) is 13.2 Å². The Morgan fingerprint density at radius 1 is 1.29 bits per heavy atom. The van der Waals surface area contributed by atoms with E-state index < -0.39 is 0 Å². The van der Waals surface area contributed by atoms with Crippen molar-refractivity contribution in [3.63, 3.8) is 0 Å². The summed E-state index contributed by atoms with van der Waals surface area (Å²) in [6.07, 6.45) is 3.22. The molecule has 0 bridgehead atoms. The van der Waals surface area contributed by atoms with Crippen LogP contribution in [0.3, 0.4) is 0 Å². The van der Waals surface area contributed by atoms with Crippen molar-refractivity contribution < 1.29 is 9.53 Å². The molecule has 0 unspecified atom stereocenters. The SMILES string of the molecule is C[C@@H]1OCC[C@@H]1N[C@H]1CCCN(Cc2ccccc2)C1=O. The second-order valence-corrected chi connectivity index (χ2v) is 6.08. The van der Waals surface area contributed by atoms with Gasteiger partial charge in [0.15, 0.2) is 0 Å². The molecule has 2 heterocycles. The summed E-state index contributed by atoms with van der Waals surface area (Å²) in [5, 5.41) is 3.52. The summed E-state index contributed by atoms with van der Waals surface area (Å²) in [7, 11) is 0. The quantitative estimate of drug-likeness (QED) is 0.920. The highest BCUT2D eigenvalue weighted by Crippen LogP contribution is 2.19. The van der Waals surface area contributed by atoms with E-state index in [1.165, 1.54) is 5.56 Å². The minimum Gasteiger partial charge on any atom is -0.377 e. The van der Waals surface area contributed by atoms with E-state index in [1.54, 1.807) is 0 Å². The molecule has 3 atom stereocenters. The molecule has 0 saturated carbocycles. The molecule has 4 heteroatoms. The summed E-state index contributed by atoms with van der Waals surface area (Å²) >= 11 is 0. The number of nitrogens with one attached hydrogen (secondary N) is 1. The third-order valence-electron chi connectivity index (χ3n) is 4.54. The van der Waals surface area contributed by atoms with E-state index in [1.807, 2.05) is 23.1 Å². The van der Waals surface area contributed by atoms with Crippen LogP contribution >= 0.6 is 0 Å². The number of nitrogens with zero attached hydrogens (tertiary/aromatic N) is 1. The lowest BCUT2D eigenvalue weighted by Crippen LogP contribution is -2.54. The van der Waals surface area contributed by atoms with E-state index >= 15 is 0 Å². The molecule has 1 N–H and O–H groups in total. The molecule has 0 aromatic heterocycles. The lowest BCUT2D eigenvalue weighted by molar-refractivity contribution is -0.137. The molecule has 4 nitrogen and oxygen atoms in total. The molecule has 0 spiro atoms. The summed E-state index contributed by atoms with van der Waals surface area (Å²) in [4.78, 5) is 14.6. The Hall–Kier alpha value is -1.39. The molecule has 114 valence electrons. The molecule has 21 heavy (non-hydrogen) atoms. The number of ether oxygens (including phenoxy) is 1. The number of benzene rings is 1. The van der Waals surface area contributed by atoms with Crippen LogP contribution in [0, 0.1) is 0 Å². The normalized spacial score (nSPS) is 29.9. The summed E-state index contributed by atoms with van der Waals surface area (Å²) < 4.78 is 5.58. The van der Waals surface area contributed by atoms with Crippen LogP contribution in [0.25, 0.3) is 0 Å². The largest absolute Gasteiger partial charge is 0.377 e. The Morgan fingerprint density at radius 2 is 2.10 bits per heavy atom. The van der Waals surface area contributed by atoms with Crippen LogP contribution in [0.4, 0.5) is 0 Å². The molecule has 3 rings (SSSR count). The van der Waals surface area contributed by atoms with Crippen LogP contribution in [0.2, 0.25) is 0 Å². The van der Waals surface area contributed by atoms with Crippen molar-refractivity contribution in [3.05, 3.63) is 35.9 Å². The summed E-state index contributed by atoms with van der Waals surface area (Å²) in [6.45, 7) is 4.46. The average molecular weight is 288 g/mol. The zero-order chi connectivity index (χ0) is 14.7. The molecule has 0 radical (unpaired) electrons. The van der Waals surface area contributed by atoms with E-state index in [9.17, 15) is 4.79 Å². The van der Waals surface area contributed by atoms with Crippen LogP contribution in [0.1, 0.15) is 31.7 Å². The van der Waals surface area contributed by atoms with Gasteiger partial charge in [0.1, 0.15) is 0 Å². The minimum atomic E-state index is -0.0448. The maximum atomic E-state index is 12.6. The fourth-order valence-corrected chi connectivity index (χ4v) is 3.26. The van der Waals surface area contributed by atoms with Gasteiger partial charge in [-0.15, -0.1) is 0 Å². The second-order valence-electron chi connectivity index (χ2n) is 6.08. The van der Waals surface area contributed by atoms with E-state index in [4.69, 9.17) is 4.74 Å². The molecular formula is C17H24N2O2. The van der Waals surface area contributed by atoms with Gasteiger partial charge in [-0.25, -0.2) is 0 Å². The number of likely N-dealkylation sites (tertiary alicyclic amines) is 1. The molecular weight excluding hydrogens is 264 g/mol. The van der Waals surface area contributed by atoms with Gasteiger partial charge in [0.2, 0.25) is 5.91 Å². The molecule has 2 fully saturated rings. The van der Waals surface area contributed by atoms with Gasteiger partial charge in [-0.1, -0.05) is 30.3 Å². The van der Waals surface area contributed by atoms with Gasteiger partial charge in [0, 0.05) is 25.7 Å². The van der Waals surface area contributed by atoms with E-state index in [-0.39, 0.29) is 18.1 Å². The zero-order valence-corrected chi connectivity index (χ0v) is 12.6. The molecule has 2 aliphatic heterocycles. The van der Waals surface area contributed by atoms with Crippen molar-refractivity contribution in [3.8, 4) is 0 Å². The highest BCUT2D eigenvalue weighted by atomic mass is 16.5. The number of hydrogen-bond donors (Lipinski definition) is 1. The fourth-order valence-electron chi connectivity index (χ4n) is 3.26. The van der Waals surface area contributed by atoms with E-state index in [0.717, 1.165) is 32.4 Å². The molecule has 1 aromatic rings. The van der Waals surface area contributed by atoms with Crippen molar-refractivity contribution in [2.24, 2.45) is 0 Å². The first-order chi connectivity index (χ1) is 10.2. The number of amides is 1. The van der Waals surface area contributed by atoms with Crippen molar-refractivity contribution in [1.82, 2.24) is 10.2 Å². The van der Waals surface area contributed by atoms with Crippen LogP contribution in [0.15, 0.2) is 30.3 Å². The number of hydrogen-bond acceptors (Lipinski definition) is 3. The monoisotopic (exact) mass is 288 g/mol. The van der Waals surface area contributed by atoms with Gasteiger partial charge in [-0.2, -0.15) is 0 Å². The molecule has 0 aliphatic carbocycles. The molecule has 1 aromatic carbocycles. The number of rotatable bonds is 4. The van der Waals surface area contributed by atoms with Gasteiger partial charge in [-0.3, -0.25) is 4.79 Å². The lowest BCUT2D eigenvalue weighted by Gasteiger charge is -2.34. The Balaban J connectivity index is 1.60. The van der Waals surface area contributed by atoms with Gasteiger partial charge >= 0.3 is 0 Å². The third kappa shape index (κ3) is 3.44. The smallest absolute Gasteiger partial charge is 0.240 e. The van der Waals surface area contributed by atoms with Gasteiger partial charge < -0.3 is 15.0 Å². The Labute approximate surface area is 126 Å². The first kappa shape index (κ1) is 14.5. The standard InChI is InChI=1S/C17H24N2O2/c1-13-15(9-11-21-13)18-16-8-5-10-19(17(16)20)12-14-6-3-2-4-7-14/h2-4,6-7,13,15-16,18H,5,8-12H2,1H3/t13-,15-,16-/m0/s1. The molecule has 1 amide bonds. The van der Waals surface area contributed by atoms with E-state index in [2.05, 4.69) is 24.4 Å². The first-order valence-corrected chi connectivity index (χ1v) is 7.94. The van der Waals surface area contributed by atoms with Gasteiger partial charge in [-0.05, 0) is 31.7 Å². The van der Waals surface area contributed by atoms with Crippen LogP contribution in [-0.4, -0.2) is 42.1 Å². The number of carbonyl (C=O) groups is 1. The molecule has 2 saturated heterocycles. The summed E-state index contributed by atoms with van der Waals surface area (Å²) in [6, 6.07) is 10.5. The lowest BCUT2D eigenvalue weighted by atomic mass is 10.0. The topological polar surface area (TPSA) is 41.6 Å². The van der Waals surface area contributed by atoms with Gasteiger partial charge in [0.25, 0.3) is 0 Å². The van der Waals surface area contributed by atoms with Crippen LogP contribution in [-0.2, 0) is 16.1 Å². The molecule has 2 aliphatic rings. The fraction of sp³-hybridized carbons (Fsp3) is 0.588. The van der Waals surface area contributed by atoms with Gasteiger partial charge in [0.05, 0.1) is 12.1 Å². The summed E-state index contributed by atoms with van der Waals surface area (Å²) in [5.41, 5.74) is 1.20. The van der Waals surface area contributed by atoms with Crippen molar-refractivity contribution in [2.45, 2.75) is 50.9 Å². The third-order valence-corrected chi connectivity index (χ3v) is 4.54. The average Bonchev–Trinajstić information content (AvgIpc) is 2.90. The Kier molecular flexibility index (Phi) is 4.56. The van der Waals surface area contributed by atoms with Crippen molar-refractivity contribution in [1.29, 1.82) is 0 Å². The van der Waals surface area contributed by atoms with E-state index in [0.29, 0.717) is 12.6 Å². The second kappa shape index (κ2) is 6.58. The first-order valence-electron chi connectivity index (χ1n) is 7.94. The van der Waals surface area contributed by atoms with Crippen LogP contribution in [0.5, 0.6) is 0 Å². The predicted molar refractivity (Wildman–Crippen MR) is 81.8 cm³/mol. The summed E-state index contributed by atoms with van der Waals surface area (Å²) in [5.74, 6) is 0.240. The van der Waals surface area contributed by atoms with Crippen molar-refractivity contribution >= 4 is 5.91 Å². The number of piperidine rings is 1. The maximum absolute atomic E-state index is 12.6. The zero-order valence-electron chi connectivity index (χ0n) is 12.6. The highest BCUT2D eigenvalue weighted by molar-refractivity contribution is 5.82. The predicted octanol–water partition coefficient (Wildman–Crippen LogP) is 1.94. The Bertz CT molecular complexity index is 477. The minimum absolute atomic E-state index is 0.0448. The highest BCUT2D eigenvalue weighted by Gasteiger charge is 2.33. The maximum Gasteiger partial charge on any atom is 0.240 e. The Morgan fingerprint density at radius 3 is 2.81 bits per heavy atom. The number of carbonyl (C=O) groups excluding carboxylic acids is 1.